The highest BCUT2D eigenvalue weighted by Crippen LogP contribution is 2.48. The molecule has 0 amide bonds. The third-order valence-corrected chi connectivity index (χ3v) is 5.93. The maximum atomic E-state index is 12.3. The van der Waals surface area contributed by atoms with E-state index in [9.17, 15) is 23.7 Å². The second kappa shape index (κ2) is 14.9. The lowest BCUT2D eigenvalue weighted by Crippen LogP contribution is -2.33. The van der Waals surface area contributed by atoms with E-state index in [4.69, 9.17) is 32.7 Å². The minimum absolute atomic E-state index is 0.0675. The number of esters is 4. The lowest BCUT2D eigenvalue weighted by atomic mass is 10.4. The van der Waals surface area contributed by atoms with E-state index in [1.807, 2.05) is 0 Å². The summed E-state index contributed by atoms with van der Waals surface area (Å²) in [6, 6.07) is 0. The molecule has 0 aliphatic rings. The third kappa shape index (κ3) is 11.0. The Kier molecular flexibility index (Phi) is 14.0. The Labute approximate surface area is 187 Å². The monoisotopic (exact) mass is 484 g/mol. The largest absolute Gasteiger partial charge is 0.459 e. The topological polar surface area (TPSA) is 150 Å². The van der Waals surface area contributed by atoms with Crippen molar-refractivity contribution in [1.29, 1.82) is 0 Å². The molecule has 5 unspecified atom stereocenters. The number of rotatable bonds is 15. The van der Waals surface area contributed by atoms with Gasteiger partial charge < -0.3 is 28.2 Å². The molecule has 32 heavy (non-hydrogen) atoms. The van der Waals surface area contributed by atoms with Crippen LogP contribution in [0.2, 0.25) is 0 Å². The van der Waals surface area contributed by atoms with Gasteiger partial charge in [-0.2, -0.15) is 0 Å². The van der Waals surface area contributed by atoms with Crippen LogP contribution >= 0.6 is 7.60 Å². The smallest absolute Gasteiger partial charge is 0.347 e. The van der Waals surface area contributed by atoms with E-state index in [1.165, 1.54) is 34.8 Å². The molecule has 12 nitrogen and oxygen atoms in total. The zero-order valence-electron chi connectivity index (χ0n) is 19.5. The second-order valence-electron chi connectivity index (χ2n) is 6.46. The van der Waals surface area contributed by atoms with E-state index >= 15 is 0 Å². The Morgan fingerprint density at radius 3 is 1.53 bits per heavy atom. The van der Waals surface area contributed by atoms with Crippen molar-refractivity contribution >= 4 is 31.5 Å². The van der Waals surface area contributed by atoms with E-state index in [1.54, 1.807) is 13.8 Å². The van der Waals surface area contributed by atoms with Gasteiger partial charge in [0.2, 0.25) is 0 Å². The van der Waals surface area contributed by atoms with E-state index in [-0.39, 0.29) is 26.0 Å². The van der Waals surface area contributed by atoms with Gasteiger partial charge in [-0.1, -0.05) is 6.92 Å². The Hall–Kier alpha value is -2.01. The van der Waals surface area contributed by atoms with E-state index in [2.05, 4.69) is 0 Å². The van der Waals surface area contributed by atoms with Crippen molar-refractivity contribution in [3.8, 4) is 0 Å². The van der Waals surface area contributed by atoms with Crippen molar-refractivity contribution in [2.75, 3.05) is 33.1 Å². The highest BCUT2D eigenvalue weighted by atomic mass is 31.2. The molecular formula is C19H33O12P. The van der Waals surface area contributed by atoms with Gasteiger partial charge in [-0.3, -0.25) is 9.09 Å². The van der Waals surface area contributed by atoms with Gasteiger partial charge in [-0.25, -0.2) is 19.2 Å². The minimum Gasteiger partial charge on any atom is -0.459 e. The highest BCUT2D eigenvalue weighted by molar-refractivity contribution is 7.53. The normalized spacial score (nSPS) is 16.6. The van der Waals surface area contributed by atoms with Crippen molar-refractivity contribution in [2.45, 2.75) is 66.0 Å². The molecule has 0 radical (unpaired) electrons. The standard InChI is InChI=1S/C19H33O12P/c1-8-28-32(24,9-2)31-15(6)19(23)30-14(5)17(21)27-11-10-26-16(20)13(4)29-18(22)12(3)25-7/h12-15H,8-11H2,1-7H3. The molecule has 0 rings (SSSR count). The van der Waals surface area contributed by atoms with Crippen LogP contribution in [0.25, 0.3) is 0 Å². The fourth-order valence-corrected chi connectivity index (χ4v) is 3.28. The summed E-state index contributed by atoms with van der Waals surface area (Å²) in [6.07, 6.45) is -4.45. The molecule has 0 N–H and O–H groups in total. The molecule has 186 valence electrons. The van der Waals surface area contributed by atoms with Gasteiger partial charge in [0.05, 0.1) is 6.61 Å². The fourth-order valence-electron chi connectivity index (χ4n) is 1.93. The zero-order chi connectivity index (χ0) is 24.9. The molecule has 0 heterocycles. The summed E-state index contributed by atoms with van der Waals surface area (Å²) in [5, 5.41) is 0. The summed E-state index contributed by atoms with van der Waals surface area (Å²) < 4.78 is 46.8. The molecule has 0 saturated carbocycles. The van der Waals surface area contributed by atoms with Crippen LogP contribution in [0.4, 0.5) is 0 Å². The first kappa shape index (κ1) is 30.0. The van der Waals surface area contributed by atoms with Crippen LogP contribution in [-0.4, -0.2) is 81.4 Å². The molecule has 0 aromatic heterocycles. The first-order valence-corrected chi connectivity index (χ1v) is 11.8. The van der Waals surface area contributed by atoms with E-state index < -0.39 is 55.9 Å². The van der Waals surface area contributed by atoms with Crippen LogP contribution in [0.3, 0.4) is 0 Å². The number of carbonyl (C=O) groups is 4. The molecule has 0 aliphatic carbocycles. The average molecular weight is 484 g/mol. The summed E-state index contributed by atoms with van der Waals surface area (Å²) in [4.78, 5) is 47.3. The first-order valence-electron chi connectivity index (χ1n) is 10.1. The quantitative estimate of drug-likeness (QED) is 0.144. The molecule has 13 heteroatoms. The van der Waals surface area contributed by atoms with Crippen molar-refractivity contribution in [3.63, 3.8) is 0 Å². The summed E-state index contributed by atoms with van der Waals surface area (Å²) >= 11 is 0. The molecule has 0 bridgehead atoms. The van der Waals surface area contributed by atoms with Crippen LogP contribution in [0, 0.1) is 0 Å². The molecule has 0 aromatic rings. The molecule has 0 saturated heterocycles. The second-order valence-corrected chi connectivity index (χ2v) is 8.79. The SMILES string of the molecule is CCOP(=O)(CC)OC(C)C(=O)OC(C)C(=O)OCCOC(=O)C(C)OC(=O)C(C)OC. The van der Waals surface area contributed by atoms with Gasteiger partial charge in [0.1, 0.15) is 13.2 Å². The van der Waals surface area contributed by atoms with Gasteiger partial charge in [-0.15, -0.1) is 0 Å². The van der Waals surface area contributed by atoms with Crippen LogP contribution in [-0.2, 0) is 56.5 Å². The van der Waals surface area contributed by atoms with Crippen molar-refractivity contribution in [1.82, 2.24) is 0 Å². The maximum Gasteiger partial charge on any atom is 0.347 e. The van der Waals surface area contributed by atoms with Crippen molar-refractivity contribution in [3.05, 3.63) is 0 Å². The lowest BCUT2D eigenvalue weighted by molar-refractivity contribution is -0.176. The van der Waals surface area contributed by atoms with Crippen LogP contribution in [0.15, 0.2) is 0 Å². The van der Waals surface area contributed by atoms with E-state index in [0.717, 1.165) is 0 Å². The Bertz CT molecular complexity index is 679. The molecule has 0 spiro atoms. The summed E-state index contributed by atoms with van der Waals surface area (Å²) in [5.41, 5.74) is 0. The van der Waals surface area contributed by atoms with Crippen LogP contribution in [0.5, 0.6) is 0 Å². The highest BCUT2D eigenvalue weighted by Gasteiger charge is 2.31. The molecular weight excluding hydrogens is 451 g/mol. The number of methoxy groups -OCH3 is 1. The Morgan fingerprint density at radius 2 is 1.16 bits per heavy atom. The summed E-state index contributed by atoms with van der Waals surface area (Å²) in [7, 11) is -2.12. The van der Waals surface area contributed by atoms with E-state index in [0.29, 0.717) is 0 Å². The fraction of sp³-hybridized carbons (Fsp3) is 0.789. The molecule has 0 fully saturated rings. The number of ether oxygens (including phenoxy) is 5. The maximum absolute atomic E-state index is 12.3. The van der Waals surface area contributed by atoms with Gasteiger partial charge in [0, 0.05) is 13.3 Å². The predicted octanol–water partition coefficient (Wildman–Crippen LogP) is 1.63. The van der Waals surface area contributed by atoms with Crippen LogP contribution in [0.1, 0.15) is 41.5 Å². The van der Waals surface area contributed by atoms with Crippen LogP contribution < -0.4 is 0 Å². The van der Waals surface area contributed by atoms with Gasteiger partial charge in [-0.05, 0) is 34.6 Å². The lowest BCUT2D eigenvalue weighted by Gasteiger charge is -2.21. The van der Waals surface area contributed by atoms with Gasteiger partial charge in [0.15, 0.2) is 24.4 Å². The number of hydrogen-bond acceptors (Lipinski definition) is 12. The number of hydrogen-bond donors (Lipinski definition) is 0. The predicted molar refractivity (Wildman–Crippen MR) is 110 cm³/mol. The van der Waals surface area contributed by atoms with Crippen molar-refractivity contribution < 1.29 is 56.5 Å². The third-order valence-electron chi connectivity index (χ3n) is 3.87. The van der Waals surface area contributed by atoms with Gasteiger partial charge >= 0.3 is 31.5 Å². The average Bonchev–Trinajstić information content (AvgIpc) is 2.75. The van der Waals surface area contributed by atoms with Crippen molar-refractivity contribution in [2.24, 2.45) is 0 Å². The molecule has 0 aliphatic heterocycles. The first-order chi connectivity index (χ1) is 14.9. The Balaban J connectivity index is 4.36. The molecule has 5 atom stereocenters. The Morgan fingerprint density at radius 1 is 0.719 bits per heavy atom. The summed E-state index contributed by atoms with van der Waals surface area (Å²) in [6.45, 7) is 8.13. The zero-order valence-corrected chi connectivity index (χ0v) is 20.4. The van der Waals surface area contributed by atoms with Gasteiger partial charge in [0.25, 0.3) is 0 Å². The number of carbonyl (C=O) groups excluding carboxylic acids is 4. The molecule has 0 aromatic carbocycles. The minimum atomic E-state index is -3.44. The summed E-state index contributed by atoms with van der Waals surface area (Å²) in [5.74, 6) is -3.37.